The number of hydrogen-bond acceptors (Lipinski definition) is 9. The van der Waals surface area contributed by atoms with E-state index in [0.29, 0.717) is 27.0 Å². The van der Waals surface area contributed by atoms with Crippen LogP contribution in [0.4, 0.5) is 11.4 Å². The summed E-state index contributed by atoms with van der Waals surface area (Å²) < 4.78 is 4.94. The van der Waals surface area contributed by atoms with E-state index in [2.05, 4.69) is 15.0 Å². The second-order valence-corrected chi connectivity index (χ2v) is 6.52. The van der Waals surface area contributed by atoms with Crippen LogP contribution in [0.5, 0.6) is 0 Å². The Kier molecular flexibility index (Phi) is 8.44. The molecule has 0 aliphatic rings. The Balaban J connectivity index is 2.03. The van der Waals surface area contributed by atoms with E-state index in [9.17, 15) is 25.0 Å². The first-order valence-electron chi connectivity index (χ1n) is 8.29. The summed E-state index contributed by atoms with van der Waals surface area (Å²) in [6, 6.07) is 11.8. The summed E-state index contributed by atoms with van der Waals surface area (Å²) in [4.78, 5) is 41.1. The topological polar surface area (TPSA) is 143 Å². The molecule has 0 saturated heterocycles. The van der Waals surface area contributed by atoms with Gasteiger partial charge in [-0.3, -0.25) is 4.79 Å². The van der Waals surface area contributed by atoms with Gasteiger partial charge in [0.1, 0.15) is 13.2 Å². The summed E-state index contributed by atoms with van der Waals surface area (Å²) >= 11 is 12.3. The predicted molar refractivity (Wildman–Crippen MR) is 106 cm³/mol. The minimum Gasteiger partial charge on any atom is -0.463 e. The van der Waals surface area contributed by atoms with Gasteiger partial charge in [0.25, 0.3) is 10.2 Å². The van der Waals surface area contributed by atoms with Crippen LogP contribution >= 0.6 is 23.2 Å². The van der Waals surface area contributed by atoms with Crippen molar-refractivity contribution in [3.63, 3.8) is 0 Å². The van der Waals surface area contributed by atoms with E-state index in [1.54, 1.807) is 42.5 Å². The van der Waals surface area contributed by atoms with Gasteiger partial charge in [-0.25, -0.2) is 0 Å². The third-order valence-electron chi connectivity index (χ3n) is 3.61. The van der Waals surface area contributed by atoms with Crippen molar-refractivity contribution in [1.29, 1.82) is 0 Å². The second kappa shape index (κ2) is 11.0. The number of esters is 1. The van der Waals surface area contributed by atoms with Gasteiger partial charge in [0, 0.05) is 5.69 Å². The maximum absolute atomic E-state index is 12.2. The Morgan fingerprint density at radius 1 is 1.00 bits per heavy atom. The van der Waals surface area contributed by atoms with Gasteiger partial charge in [0.2, 0.25) is 0 Å². The molecule has 0 bridgehead atoms. The minimum absolute atomic E-state index is 0.202. The Bertz CT molecular complexity index is 907. The van der Waals surface area contributed by atoms with Crippen LogP contribution in [0.2, 0.25) is 10.0 Å². The fourth-order valence-electron chi connectivity index (χ4n) is 2.32. The van der Waals surface area contributed by atoms with Crippen LogP contribution in [-0.2, 0) is 25.6 Å². The summed E-state index contributed by atoms with van der Waals surface area (Å²) in [5.41, 5.74) is 1.53. The molecule has 11 nitrogen and oxygen atoms in total. The Labute approximate surface area is 179 Å². The highest BCUT2D eigenvalue weighted by molar-refractivity contribution is 6.39. The molecule has 0 heterocycles. The predicted octanol–water partition coefficient (Wildman–Crippen LogP) is 3.61. The van der Waals surface area contributed by atoms with E-state index >= 15 is 0 Å². The van der Waals surface area contributed by atoms with Crippen molar-refractivity contribution in [1.82, 2.24) is 0 Å². The Morgan fingerprint density at radius 2 is 1.67 bits per heavy atom. The molecule has 2 aromatic carbocycles. The fraction of sp³-hybridized carbons (Fsp3) is 0.235. The first kappa shape index (κ1) is 23.0. The summed E-state index contributed by atoms with van der Waals surface area (Å²) in [7, 11) is 0. The number of nitrogens with zero attached hydrogens (tertiary/aromatic N) is 2. The lowest BCUT2D eigenvalue weighted by Gasteiger charge is -2.16. The molecule has 0 aliphatic carbocycles. The average molecular weight is 460 g/mol. The molecule has 160 valence electrons. The first-order valence-corrected chi connectivity index (χ1v) is 9.05. The van der Waals surface area contributed by atoms with Crippen molar-refractivity contribution in [3.8, 4) is 0 Å². The molecular weight excluding hydrogens is 445 g/mol. The zero-order chi connectivity index (χ0) is 22.1. The summed E-state index contributed by atoms with van der Waals surface area (Å²) in [6.07, 6.45) is -1.66. The molecule has 0 radical (unpaired) electrons. The maximum Gasteiger partial charge on any atom is 0.310 e. The lowest BCUT2D eigenvalue weighted by molar-refractivity contribution is -0.790. The first-order chi connectivity index (χ1) is 14.3. The fourth-order valence-corrected chi connectivity index (χ4v) is 2.81. The van der Waals surface area contributed by atoms with Crippen LogP contribution in [0, 0.1) is 20.2 Å². The van der Waals surface area contributed by atoms with Gasteiger partial charge in [-0.05, 0) is 23.8 Å². The van der Waals surface area contributed by atoms with Gasteiger partial charge in [0.05, 0.1) is 22.2 Å². The molecule has 30 heavy (non-hydrogen) atoms. The highest BCUT2D eigenvalue weighted by atomic mass is 35.5. The summed E-state index contributed by atoms with van der Waals surface area (Å²) in [6.45, 7) is -1.38. The van der Waals surface area contributed by atoms with E-state index in [-0.39, 0.29) is 6.42 Å². The van der Waals surface area contributed by atoms with Crippen molar-refractivity contribution < 1.29 is 29.4 Å². The molecule has 0 saturated carbocycles. The Hall–Kier alpha value is -3.31. The second-order valence-electron chi connectivity index (χ2n) is 5.71. The number of ether oxygens (including phenoxy) is 1. The molecule has 0 fully saturated rings. The van der Waals surface area contributed by atoms with E-state index in [1.165, 1.54) is 0 Å². The standard InChI is InChI=1S/C17H15Cl2N3O8/c18-13-5-3-6-14(19)17(13)20-15-7-2-1-4-11(15)8-16(23)28-9-12(30-22(26)27)10-29-21(24)25/h1-7,12,20H,8-10H2/t12-/m1/s1. The van der Waals surface area contributed by atoms with Gasteiger partial charge in [-0.2, -0.15) is 0 Å². The number of hydrogen-bond donors (Lipinski definition) is 1. The van der Waals surface area contributed by atoms with Crippen molar-refractivity contribution in [2.45, 2.75) is 12.5 Å². The van der Waals surface area contributed by atoms with Crippen LogP contribution in [0.1, 0.15) is 5.56 Å². The van der Waals surface area contributed by atoms with Crippen LogP contribution in [-0.4, -0.2) is 35.5 Å². The van der Waals surface area contributed by atoms with Crippen LogP contribution in [0.3, 0.4) is 0 Å². The minimum atomic E-state index is -1.45. The summed E-state index contributed by atoms with van der Waals surface area (Å²) in [5.74, 6) is -0.743. The number of nitrogens with one attached hydrogen (secondary N) is 1. The average Bonchev–Trinajstić information content (AvgIpc) is 2.68. The van der Waals surface area contributed by atoms with Gasteiger partial charge >= 0.3 is 5.97 Å². The van der Waals surface area contributed by atoms with Crippen molar-refractivity contribution in [3.05, 3.63) is 78.3 Å². The zero-order valence-corrected chi connectivity index (χ0v) is 16.7. The lowest BCUT2D eigenvalue weighted by Crippen LogP contribution is -2.30. The molecule has 0 aromatic heterocycles. The molecule has 0 amide bonds. The number of rotatable bonds is 11. The van der Waals surface area contributed by atoms with Crippen molar-refractivity contribution in [2.24, 2.45) is 0 Å². The SMILES string of the molecule is O=C(Cc1ccccc1Nc1c(Cl)cccc1Cl)OC[C@H](CO[N+](=O)[O-])O[N+](=O)[O-]. The van der Waals surface area contributed by atoms with E-state index in [4.69, 9.17) is 27.9 Å². The van der Waals surface area contributed by atoms with Crippen molar-refractivity contribution >= 4 is 40.5 Å². The van der Waals surface area contributed by atoms with E-state index in [0.717, 1.165) is 0 Å². The van der Waals surface area contributed by atoms with Crippen LogP contribution in [0.25, 0.3) is 0 Å². The summed E-state index contributed by atoms with van der Waals surface area (Å²) in [5, 5.41) is 22.2. The highest BCUT2D eigenvalue weighted by Crippen LogP contribution is 2.33. The monoisotopic (exact) mass is 459 g/mol. The van der Waals surface area contributed by atoms with E-state index in [1.807, 2.05) is 0 Å². The van der Waals surface area contributed by atoms with Crippen molar-refractivity contribution in [2.75, 3.05) is 18.5 Å². The molecule has 0 unspecified atom stereocenters. The third-order valence-corrected chi connectivity index (χ3v) is 4.24. The van der Waals surface area contributed by atoms with Gasteiger partial charge in [0.15, 0.2) is 6.10 Å². The third kappa shape index (κ3) is 7.26. The van der Waals surface area contributed by atoms with E-state index < -0.39 is 35.5 Å². The number of para-hydroxylation sites is 2. The number of carbonyl (C=O) groups excluding carboxylic acids is 1. The van der Waals surface area contributed by atoms with Gasteiger partial charge < -0.3 is 19.7 Å². The quantitative estimate of drug-likeness (QED) is 0.302. The molecule has 13 heteroatoms. The molecule has 2 rings (SSSR count). The smallest absolute Gasteiger partial charge is 0.310 e. The van der Waals surface area contributed by atoms with Gasteiger partial charge in [-0.15, -0.1) is 20.2 Å². The largest absolute Gasteiger partial charge is 0.463 e. The molecular formula is C17H15Cl2N3O8. The van der Waals surface area contributed by atoms with Gasteiger partial charge in [-0.1, -0.05) is 47.5 Å². The normalized spacial score (nSPS) is 11.3. The lowest BCUT2D eigenvalue weighted by atomic mass is 10.1. The molecule has 2 aromatic rings. The number of anilines is 2. The number of halogens is 2. The molecule has 1 atom stereocenters. The number of benzene rings is 2. The number of carbonyl (C=O) groups is 1. The zero-order valence-electron chi connectivity index (χ0n) is 15.2. The molecule has 0 aliphatic heterocycles. The van der Waals surface area contributed by atoms with Crippen LogP contribution < -0.4 is 5.32 Å². The highest BCUT2D eigenvalue weighted by Gasteiger charge is 2.19. The Morgan fingerprint density at radius 3 is 2.30 bits per heavy atom. The van der Waals surface area contributed by atoms with Crippen LogP contribution in [0.15, 0.2) is 42.5 Å². The molecule has 1 N–H and O–H groups in total. The maximum atomic E-state index is 12.2. The molecule has 0 spiro atoms.